The molecular weight excluding hydrogens is 398 g/mol. The molecule has 0 radical (unpaired) electrons. The van der Waals surface area contributed by atoms with Crippen LogP contribution in [-0.4, -0.2) is 4.57 Å². The van der Waals surface area contributed by atoms with Crippen molar-refractivity contribution in [3.05, 3.63) is 115 Å². The Balaban J connectivity index is 1.61. The molecule has 8 rings (SSSR count). The minimum atomic E-state index is 1.20. The van der Waals surface area contributed by atoms with Crippen molar-refractivity contribution in [1.82, 2.24) is 4.57 Å². The molecule has 7 aromatic rings. The van der Waals surface area contributed by atoms with E-state index in [1.54, 1.807) is 0 Å². The maximum Gasteiger partial charge on any atom is 0.0620 e. The van der Waals surface area contributed by atoms with E-state index in [4.69, 9.17) is 0 Å². The van der Waals surface area contributed by atoms with E-state index in [1.165, 1.54) is 71.3 Å². The van der Waals surface area contributed by atoms with E-state index in [0.29, 0.717) is 0 Å². The Hall–Kier alpha value is -4.36. The number of hydrogen-bond acceptors (Lipinski definition) is 0. The Labute approximate surface area is 191 Å². The molecule has 0 N–H and O–H groups in total. The van der Waals surface area contributed by atoms with Crippen LogP contribution < -0.4 is 0 Å². The number of benzene rings is 6. The third-order valence-corrected chi connectivity index (χ3v) is 7.27. The summed E-state index contributed by atoms with van der Waals surface area (Å²) in [6, 6.07) is 42.2. The smallest absolute Gasteiger partial charge is 0.0620 e. The highest BCUT2D eigenvalue weighted by Crippen LogP contribution is 2.51. The molecular formula is C32H19N. The van der Waals surface area contributed by atoms with Gasteiger partial charge in [-0.15, -0.1) is 0 Å². The van der Waals surface area contributed by atoms with Crippen molar-refractivity contribution in [3.63, 3.8) is 0 Å². The van der Waals surface area contributed by atoms with Gasteiger partial charge in [-0.1, -0.05) is 78.9 Å². The van der Waals surface area contributed by atoms with Gasteiger partial charge in [0.2, 0.25) is 0 Å². The Bertz CT molecular complexity index is 1910. The number of rotatable bonds is 1. The van der Waals surface area contributed by atoms with Gasteiger partial charge in [0.25, 0.3) is 0 Å². The SMILES string of the molecule is c1ccc(-n2c3ccccc3c3cc4c5c(cccc5c32)-c2cc3ccccc3cc2-4)cc1. The van der Waals surface area contributed by atoms with E-state index < -0.39 is 0 Å². The summed E-state index contributed by atoms with van der Waals surface area (Å²) in [6.07, 6.45) is 0. The zero-order valence-corrected chi connectivity index (χ0v) is 17.9. The molecule has 0 unspecified atom stereocenters. The fourth-order valence-electron chi connectivity index (χ4n) is 5.90. The monoisotopic (exact) mass is 417 g/mol. The zero-order valence-electron chi connectivity index (χ0n) is 17.9. The molecule has 1 heteroatoms. The topological polar surface area (TPSA) is 4.93 Å². The predicted molar refractivity (Wildman–Crippen MR) is 140 cm³/mol. The Morgan fingerprint density at radius 2 is 1.09 bits per heavy atom. The predicted octanol–water partition coefficient (Wildman–Crippen LogP) is 8.74. The summed E-state index contributed by atoms with van der Waals surface area (Å²) in [4.78, 5) is 0. The molecule has 0 spiro atoms. The molecule has 33 heavy (non-hydrogen) atoms. The van der Waals surface area contributed by atoms with Crippen molar-refractivity contribution >= 4 is 43.4 Å². The first-order chi connectivity index (χ1) is 16.4. The summed E-state index contributed by atoms with van der Waals surface area (Å²) >= 11 is 0. The highest BCUT2D eigenvalue weighted by Gasteiger charge is 2.25. The van der Waals surface area contributed by atoms with Crippen molar-refractivity contribution in [1.29, 1.82) is 0 Å². The van der Waals surface area contributed by atoms with Crippen LogP contribution in [0.2, 0.25) is 0 Å². The van der Waals surface area contributed by atoms with Gasteiger partial charge in [-0.05, 0) is 74.8 Å². The molecule has 0 fully saturated rings. The number of hydrogen-bond donors (Lipinski definition) is 0. The average Bonchev–Trinajstić information content (AvgIpc) is 3.38. The van der Waals surface area contributed by atoms with Crippen molar-refractivity contribution in [3.8, 4) is 27.9 Å². The van der Waals surface area contributed by atoms with Crippen LogP contribution >= 0.6 is 0 Å². The number of aromatic nitrogens is 1. The number of fused-ring (bicyclic) bond motifs is 8. The minimum absolute atomic E-state index is 1.20. The Morgan fingerprint density at radius 1 is 0.424 bits per heavy atom. The van der Waals surface area contributed by atoms with Crippen LogP contribution in [-0.2, 0) is 0 Å². The van der Waals surface area contributed by atoms with Crippen LogP contribution in [0.3, 0.4) is 0 Å². The van der Waals surface area contributed by atoms with E-state index in [-0.39, 0.29) is 0 Å². The molecule has 1 nitrogen and oxygen atoms in total. The molecule has 0 saturated heterocycles. The fourth-order valence-corrected chi connectivity index (χ4v) is 5.90. The van der Waals surface area contributed by atoms with E-state index in [2.05, 4.69) is 120 Å². The lowest BCUT2D eigenvalue weighted by molar-refractivity contribution is 1.19. The molecule has 1 heterocycles. The van der Waals surface area contributed by atoms with Gasteiger partial charge in [0.1, 0.15) is 0 Å². The normalized spacial score (nSPS) is 12.2. The van der Waals surface area contributed by atoms with Crippen LogP contribution in [0.1, 0.15) is 0 Å². The van der Waals surface area contributed by atoms with Crippen LogP contribution in [0.25, 0.3) is 71.3 Å². The van der Waals surface area contributed by atoms with E-state index >= 15 is 0 Å². The summed E-state index contributed by atoms with van der Waals surface area (Å²) in [7, 11) is 0. The van der Waals surface area contributed by atoms with Gasteiger partial charge >= 0.3 is 0 Å². The molecule has 0 amide bonds. The summed E-state index contributed by atoms with van der Waals surface area (Å²) in [5, 5.41) is 7.90. The van der Waals surface area contributed by atoms with E-state index in [0.717, 1.165) is 0 Å². The molecule has 1 aliphatic rings. The molecule has 0 atom stereocenters. The molecule has 152 valence electrons. The largest absolute Gasteiger partial charge is 0.309 e. The minimum Gasteiger partial charge on any atom is -0.309 e. The lowest BCUT2D eigenvalue weighted by Crippen LogP contribution is -1.94. The van der Waals surface area contributed by atoms with Gasteiger partial charge in [-0.2, -0.15) is 0 Å². The number of nitrogens with zero attached hydrogens (tertiary/aromatic N) is 1. The Morgan fingerprint density at radius 3 is 1.91 bits per heavy atom. The van der Waals surface area contributed by atoms with Gasteiger partial charge in [-0.25, -0.2) is 0 Å². The highest BCUT2D eigenvalue weighted by molar-refractivity contribution is 6.28. The molecule has 0 bridgehead atoms. The van der Waals surface area contributed by atoms with Crippen molar-refractivity contribution in [2.24, 2.45) is 0 Å². The van der Waals surface area contributed by atoms with E-state index in [9.17, 15) is 0 Å². The van der Waals surface area contributed by atoms with Crippen molar-refractivity contribution in [2.75, 3.05) is 0 Å². The maximum absolute atomic E-state index is 2.44. The third-order valence-electron chi connectivity index (χ3n) is 7.27. The standard InChI is InChI=1S/C32H19N/c1-2-11-22(12-3-1)33-30-16-7-6-13-23(30)29-19-28-27-18-21-10-5-4-9-20(21)17-26(27)24-14-8-15-25(31(24)28)32(29)33/h1-19H. The van der Waals surface area contributed by atoms with Crippen LogP contribution in [0.15, 0.2) is 115 Å². The lowest BCUT2D eigenvalue weighted by Gasteiger charge is -2.11. The van der Waals surface area contributed by atoms with E-state index in [1.807, 2.05) is 0 Å². The second kappa shape index (κ2) is 6.11. The second-order valence-electron chi connectivity index (χ2n) is 8.98. The summed E-state index contributed by atoms with van der Waals surface area (Å²) in [5.41, 5.74) is 9.13. The van der Waals surface area contributed by atoms with Crippen molar-refractivity contribution < 1.29 is 0 Å². The molecule has 0 aliphatic heterocycles. The van der Waals surface area contributed by atoms with Crippen LogP contribution in [0, 0.1) is 0 Å². The first-order valence-electron chi connectivity index (χ1n) is 11.5. The maximum atomic E-state index is 2.44. The summed E-state index contributed by atoms with van der Waals surface area (Å²) in [5.74, 6) is 0. The zero-order chi connectivity index (χ0) is 21.5. The Kier molecular flexibility index (Phi) is 3.19. The molecule has 1 aromatic heterocycles. The molecule has 6 aromatic carbocycles. The summed E-state index contributed by atoms with van der Waals surface area (Å²) < 4.78 is 2.44. The van der Waals surface area contributed by atoms with Gasteiger partial charge < -0.3 is 4.57 Å². The first kappa shape index (κ1) is 17.2. The molecule has 0 saturated carbocycles. The second-order valence-corrected chi connectivity index (χ2v) is 8.98. The fraction of sp³-hybridized carbons (Fsp3) is 0. The summed E-state index contributed by atoms with van der Waals surface area (Å²) in [6.45, 7) is 0. The van der Waals surface area contributed by atoms with Gasteiger partial charge in [0.15, 0.2) is 0 Å². The van der Waals surface area contributed by atoms with Crippen molar-refractivity contribution in [2.45, 2.75) is 0 Å². The van der Waals surface area contributed by atoms with Gasteiger partial charge in [0, 0.05) is 21.8 Å². The van der Waals surface area contributed by atoms with Crippen LogP contribution in [0.5, 0.6) is 0 Å². The van der Waals surface area contributed by atoms with Crippen LogP contribution in [0.4, 0.5) is 0 Å². The quantitative estimate of drug-likeness (QED) is 0.252. The first-order valence-corrected chi connectivity index (χ1v) is 11.5. The number of para-hydroxylation sites is 2. The van der Waals surface area contributed by atoms with Gasteiger partial charge in [0.05, 0.1) is 11.0 Å². The highest BCUT2D eigenvalue weighted by atomic mass is 15.0. The molecule has 1 aliphatic carbocycles. The lowest BCUT2D eigenvalue weighted by atomic mass is 9.98. The average molecular weight is 418 g/mol. The van der Waals surface area contributed by atoms with Gasteiger partial charge in [-0.3, -0.25) is 0 Å². The third kappa shape index (κ3) is 2.16.